The quantitative estimate of drug-likeness (QED) is 0.385. The molecule has 0 unspecified atom stereocenters. The number of fused-ring (bicyclic) bond motifs is 1. The van der Waals surface area contributed by atoms with E-state index in [0.29, 0.717) is 41.8 Å². The molecule has 0 spiro atoms. The molecule has 0 saturated heterocycles. The zero-order valence-corrected chi connectivity index (χ0v) is 22.3. The molecule has 202 valence electrons. The van der Waals surface area contributed by atoms with Gasteiger partial charge in [0.2, 0.25) is 15.9 Å². The van der Waals surface area contributed by atoms with Crippen molar-refractivity contribution < 1.29 is 35.8 Å². The number of nitrogens with one attached hydrogen (secondary N) is 2. The van der Waals surface area contributed by atoms with Crippen molar-refractivity contribution in [3.63, 3.8) is 0 Å². The molecule has 4 rings (SSSR count). The number of hydrogen-bond acceptors (Lipinski definition) is 8. The van der Waals surface area contributed by atoms with Gasteiger partial charge in [0, 0.05) is 17.4 Å². The van der Waals surface area contributed by atoms with Crippen molar-refractivity contribution in [2.75, 3.05) is 47.0 Å². The van der Waals surface area contributed by atoms with Gasteiger partial charge in [0.1, 0.15) is 25.5 Å². The first-order valence-corrected chi connectivity index (χ1v) is 14.7. The molecule has 0 bridgehead atoms. The van der Waals surface area contributed by atoms with Crippen LogP contribution in [0.1, 0.15) is 6.92 Å². The van der Waals surface area contributed by atoms with Crippen LogP contribution in [0.4, 0.5) is 17.1 Å². The number of sulfonamides is 2. The Hall–Kier alpha value is -3.97. The van der Waals surface area contributed by atoms with Crippen molar-refractivity contribution >= 4 is 43.0 Å². The molecule has 11 nitrogen and oxygen atoms in total. The minimum Gasteiger partial charge on any atom is -0.497 e. The van der Waals surface area contributed by atoms with Gasteiger partial charge >= 0.3 is 0 Å². The van der Waals surface area contributed by atoms with Gasteiger partial charge in [-0.05, 0) is 67.6 Å². The van der Waals surface area contributed by atoms with Crippen LogP contribution in [-0.2, 0) is 24.8 Å². The molecule has 0 aromatic heterocycles. The molecule has 1 aliphatic rings. The lowest BCUT2D eigenvalue weighted by Gasteiger charge is -2.25. The number of ether oxygens (including phenoxy) is 3. The summed E-state index contributed by atoms with van der Waals surface area (Å²) in [4.78, 5) is 12.8. The van der Waals surface area contributed by atoms with Gasteiger partial charge in [0.25, 0.3) is 10.0 Å². The van der Waals surface area contributed by atoms with E-state index in [4.69, 9.17) is 14.2 Å². The molecule has 0 saturated carbocycles. The van der Waals surface area contributed by atoms with Gasteiger partial charge in [-0.25, -0.2) is 16.8 Å². The Bertz CT molecular complexity index is 1510. The largest absolute Gasteiger partial charge is 0.497 e. The van der Waals surface area contributed by atoms with Gasteiger partial charge in [0.15, 0.2) is 11.5 Å². The highest BCUT2D eigenvalue weighted by molar-refractivity contribution is 7.93. The van der Waals surface area contributed by atoms with E-state index in [1.165, 1.54) is 44.4 Å². The highest BCUT2D eigenvalue weighted by Gasteiger charge is 2.25. The molecular weight excluding hydrogens is 534 g/mol. The lowest BCUT2D eigenvalue weighted by Crippen LogP contribution is -2.39. The Morgan fingerprint density at radius 3 is 2.16 bits per heavy atom. The van der Waals surface area contributed by atoms with E-state index in [1.807, 2.05) is 0 Å². The van der Waals surface area contributed by atoms with Crippen LogP contribution >= 0.6 is 0 Å². The van der Waals surface area contributed by atoms with Crippen LogP contribution in [0.5, 0.6) is 17.2 Å². The number of nitrogens with zero attached hydrogens (tertiary/aromatic N) is 1. The smallest absolute Gasteiger partial charge is 0.261 e. The van der Waals surface area contributed by atoms with E-state index in [9.17, 15) is 21.6 Å². The van der Waals surface area contributed by atoms with Crippen LogP contribution in [0.3, 0.4) is 0 Å². The number of rotatable bonds is 10. The van der Waals surface area contributed by atoms with E-state index in [0.717, 1.165) is 4.31 Å². The summed E-state index contributed by atoms with van der Waals surface area (Å²) in [6, 6.07) is 16.6. The van der Waals surface area contributed by atoms with Gasteiger partial charge in [-0.15, -0.1) is 0 Å². The maximum atomic E-state index is 12.8. The second kappa shape index (κ2) is 11.2. The lowest BCUT2D eigenvalue weighted by molar-refractivity contribution is -0.114. The van der Waals surface area contributed by atoms with Gasteiger partial charge in [-0.1, -0.05) is 0 Å². The molecule has 0 radical (unpaired) electrons. The van der Waals surface area contributed by atoms with E-state index in [2.05, 4.69) is 10.0 Å². The Morgan fingerprint density at radius 1 is 0.895 bits per heavy atom. The highest BCUT2D eigenvalue weighted by atomic mass is 32.2. The summed E-state index contributed by atoms with van der Waals surface area (Å²) in [5.74, 6) is 0.652. The number of carbonyl (C=O) groups excluding carboxylic acids is 1. The van der Waals surface area contributed by atoms with Crippen LogP contribution in [0.15, 0.2) is 71.6 Å². The van der Waals surface area contributed by atoms with E-state index >= 15 is 0 Å². The molecule has 1 aliphatic heterocycles. The summed E-state index contributed by atoms with van der Waals surface area (Å²) >= 11 is 0. The Labute approximate surface area is 221 Å². The number of methoxy groups -OCH3 is 1. The molecule has 0 atom stereocenters. The van der Waals surface area contributed by atoms with E-state index in [1.54, 1.807) is 36.4 Å². The SMILES string of the molecule is CCS(=O)(=O)N(CC(=O)Nc1ccc(S(=O)(=O)Nc2ccc(OC)cc2)cc1)c1ccc2c(c1)OCCO2. The van der Waals surface area contributed by atoms with Gasteiger partial charge in [-0.3, -0.25) is 13.8 Å². The van der Waals surface area contributed by atoms with Crippen LogP contribution in [0.2, 0.25) is 0 Å². The molecular formula is C25H27N3O8S2. The third kappa shape index (κ3) is 6.29. The zero-order valence-electron chi connectivity index (χ0n) is 20.7. The predicted octanol–water partition coefficient (Wildman–Crippen LogP) is 3.06. The average Bonchev–Trinajstić information content (AvgIpc) is 2.92. The third-order valence-corrected chi connectivity index (χ3v) is 8.73. The molecule has 3 aromatic carbocycles. The monoisotopic (exact) mass is 561 g/mol. The first-order chi connectivity index (χ1) is 18.1. The lowest BCUT2D eigenvalue weighted by atomic mass is 10.2. The minimum absolute atomic E-state index is 0.0159. The molecule has 13 heteroatoms. The minimum atomic E-state index is -3.88. The fourth-order valence-corrected chi connectivity index (χ4v) is 5.73. The topological polar surface area (TPSA) is 140 Å². The molecule has 38 heavy (non-hydrogen) atoms. The Balaban J connectivity index is 1.46. The Morgan fingerprint density at radius 2 is 1.53 bits per heavy atom. The molecule has 2 N–H and O–H groups in total. The van der Waals surface area contributed by atoms with Crippen LogP contribution in [0, 0.1) is 0 Å². The highest BCUT2D eigenvalue weighted by Crippen LogP contribution is 2.35. The number of benzene rings is 3. The molecule has 1 amide bonds. The standard InChI is InChI=1S/C25H27N3O8S2/c1-3-37(30,31)28(20-8-13-23-24(16-20)36-15-14-35-23)17-25(29)26-18-6-11-22(12-7-18)38(32,33)27-19-4-9-21(34-2)10-5-19/h4-13,16,27H,3,14-15,17H2,1-2H3,(H,26,29). The second-order valence-corrected chi connectivity index (χ2v) is 12.0. The maximum Gasteiger partial charge on any atom is 0.261 e. The first kappa shape index (κ1) is 27.1. The van der Waals surface area contributed by atoms with E-state index in [-0.39, 0.29) is 16.3 Å². The second-order valence-electron chi connectivity index (χ2n) is 8.14. The van der Waals surface area contributed by atoms with Crippen molar-refractivity contribution in [3.05, 3.63) is 66.7 Å². The van der Waals surface area contributed by atoms with Crippen molar-refractivity contribution in [2.24, 2.45) is 0 Å². The third-order valence-electron chi connectivity index (χ3n) is 5.59. The zero-order chi connectivity index (χ0) is 27.3. The fourth-order valence-electron chi connectivity index (χ4n) is 3.61. The van der Waals surface area contributed by atoms with Crippen molar-refractivity contribution in [1.29, 1.82) is 0 Å². The summed E-state index contributed by atoms with van der Waals surface area (Å²) in [5.41, 5.74) is 0.922. The number of amides is 1. The average molecular weight is 562 g/mol. The van der Waals surface area contributed by atoms with E-state index < -0.39 is 32.5 Å². The molecule has 0 fully saturated rings. The van der Waals surface area contributed by atoms with Gasteiger partial charge in [0.05, 0.1) is 23.4 Å². The summed E-state index contributed by atoms with van der Waals surface area (Å²) in [6.45, 7) is 1.72. The number of hydrogen-bond donors (Lipinski definition) is 2. The molecule has 3 aromatic rings. The van der Waals surface area contributed by atoms with Crippen molar-refractivity contribution in [3.8, 4) is 17.2 Å². The number of anilines is 3. The summed E-state index contributed by atoms with van der Waals surface area (Å²) in [7, 11) is -6.17. The Kier molecular flexibility index (Phi) is 7.97. The predicted molar refractivity (Wildman–Crippen MR) is 143 cm³/mol. The van der Waals surface area contributed by atoms with Crippen LogP contribution in [-0.4, -0.2) is 55.4 Å². The van der Waals surface area contributed by atoms with Crippen molar-refractivity contribution in [1.82, 2.24) is 0 Å². The summed E-state index contributed by atoms with van der Waals surface area (Å²) in [5, 5.41) is 2.61. The van der Waals surface area contributed by atoms with Gasteiger partial charge < -0.3 is 19.5 Å². The normalized spacial score (nSPS) is 12.9. The van der Waals surface area contributed by atoms with Crippen LogP contribution < -0.4 is 28.6 Å². The molecule has 0 aliphatic carbocycles. The summed E-state index contributed by atoms with van der Waals surface area (Å²) < 4.78 is 70.6. The first-order valence-electron chi connectivity index (χ1n) is 11.6. The van der Waals surface area contributed by atoms with Gasteiger partial charge in [-0.2, -0.15) is 0 Å². The fraction of sp³-hybridized carbons (Fsp3) is 0.240. The maximum absolute atomic E-state index is 12.8. The molecule has 1 heterocycles. The summed E-state index contributed by atoms with van der Waals surface area (Å²) in [6.07, 6.45) is 0. The van der Waals surface area contributed by atoms with Crippen molar-refractivity contribution in [2.45, 2.75) is 11.8 Å². The van der Waals surface area contributed by atoms with Crippen LogP contribution in [0.25, 0.3) is 0 Å². The number of carbonyl (C=O) groups is 1.